The maximum Gasteiger partial charge on any atom is 0.133 e. The number of Topliss-reactive ketones (excluding diaryl/α,β-unsaturated/α-hetero) is 1. The van der Waals surface area contributed by atoms with Crippen molar-refractivity contribution in [2.75, 3.05) is 0 Å². The second kappa shape index (κ2) is 2.86. The van der Waals surface area contributed by atoms with Crippen molar-refractivity contribution in [3.8, 4) is 0 Å². The first kappa shape index (κ1) is 8.28. The molecule has 0 N–H and O–H groups in total. The first-order chi connectivity index (χ1) is 5.71. The van der Waals surface area contributed by atoms with Crippen molar-refractivity contribution in [3.05, 3.63) is 0 Å². The quantitative estimate of drug-likeness (QED) is 0.540. The summed E-state index contributed by atoms with van der Waals surface area (Å²) in [7, 11) is 0. The first-order valence-corrected chi connectivity index (χ1v) is 5.22. The van der Waals surface area contributed by atoms with Crippen LogP contribution >= 0.6 is 0 Å². The van der Waals surface area contributed by atoms with Gasteiger partial charge in [0.15, 0.2) is 0 Å². The van der Waals surface area contributed by atoms with E-state index in [9.17, 15) is 4.79 Å². The molecule has 2 aliphatic rings. The van der Waals surface area contributed by atoms with Gasteiger partial charge in [-0.05, 0) is 30.6 Å². The number of carbonyl (C=O) groups is 1. The molecule has 0 aromatic heterocycles. The van der Waals surface area contributed by atoms with Gasteiger partial charge in [0, 0.05) is 12.8 Å². The Labute approximate surface area is 74.5 Å². The third-order valence-electron chi connectivity index (χ3n) is 3.99. The minimum atomic E-state index is 0.513. The summed E-state index contributed by atoms with van der Waals surface area (Å²) in [6.07, 6.45) is 8.32. The standard InChI is InChI=1S/C11H18O/c1-11-6-3-2-4-9(11)8-10(12)5-7-11/h9H,2-8H2,1H3/t9?,11-/m0/s1. The lowest BCUT2D eigenvalue weighted by atomic mass is 9.60. The first-order valence-electron chi connectivity index (χ1n) is 5.22. The maximum atomic E-state index is 11.3. The van der Waals surface area contributed by atoms with Gasteiger partial charge in [0.05, 0.1) is 0 Å². The van der Waals surface area contributed by atoms with Gasteiger partial charge >= 0.3 is 0 Å². The summed E-state index contributed by atoms with van der Waals surface area (Å²) in [6, 6.07) is 0. The summed E-state index contributed by atoms with van der Waals surface area (Å²) >= 11 is 0. The zero-order valence-corrected chi connectivity index (χ0v) is 7.94. The molecule has 2 aliphatic carbocycles. The fourth-order valence-electron chi connectivity index (χ4n) is 2.95. The van der Waals surface area contributed by atoms with Gasteiger partial charge in [-0.2, -0.15) is 0 Å². The summed E-state index contributed by atoms with van der Waals surface area (Å²) in [4.78, 5) is 11.3. The van der Waals surface area contributed by atoms with Gasteiger partial charge < -0.3 is 0 Å². The summed E-state index contributed by atoms with van der Waals surface area (Å²) in [6.45, 7) is 2.39. The second-order valence-corrected chi connectivity index (χ2v) is 4.84. The Morgan fingerprint density at radius 3 is 3.00 bits per heavy atom. The Kier molecular flexibility index (Phi) is 1.97. The van der Waals surface area contributed by atoms with Crippen molar-refractivity contribution >= 4 is 5.78 Å². The molecule has 2 rings (SSSR count). The molecule has 0 aliphatic heterocycles. The van der Waals surface area contributed by atoms with E-state index in [1.165, 1.54) is 25.7 Å². The SMILES string of the molecule is C[C@@]12CCCCC1CC(=O)CC2. The van der Waals surface area contributed by atoms with Crippen LogP contribution in [0.1, 0.15) is 51.9 Å². The van der Waals surface area contributed by atoms with Gasteiger partial charge in [-0.25, -0.2) is 0 Å². The Morgan fingerprint density at radius 1 is 1.33 bits per heavy atom. The van der Waals surface area contributed by atoms with Gasteiger partial charge in [-0.1, -0.05) is 19.8 Å². The molecule has 0 saturated heterocycles. The molecule has 0 aromatic carbocycles. The molecule has 12 heavy (non-hydrogen) atoms. The van der Waals surface area contributed by atoms with Crippen LogP contribution in [0.3, 0.4) is 0 Å². The zero-order chi connectivity index (χ0) is 8.60. The molecule has 0 spiro atoms. The molecule has 0 bridgehead atoms. The smallest absolute Gasteiger partial charge is 0.133 e. The minimum Gasteiger partial charge on any atom is -0.300 e. The van der Waals surface area contributed by atoms with Crippen LogP contribution in [-0.4, -0.2) is 5.78 Å². The van der Waals surface area contributed by atoms with Crippen LogP contribution in [0.4, 0.5) is 0 Å². The van der Waals surface area contributed by atoms with Crippen LogP contribution in [0, 0.1) is 11.3 Å². The van der Waals surface area contributed by atoms with Gasteiger partial charge in [0.25, 0.3) is 0 Å². The number of rotatable bonds is 0. The number of hydrogen-bond donors (Lipinski definition) is 0. The second-order valence-electron chi connectivity index (χ2n) is 4.84. The maximum absolute atomic E-state index is 11.3. The van der Waals surface area contributed by atoms with Crippen LogP contribution in [0.2, 0.25) is 0 Å². The lowest BCUT2D eigenvalue weighted by Crippen LogP contribution is -2.36. The molecule has 68 valence electrons. The van der Waals surface area contributed by atoms with Crippen molar-refractivity contribution < 1.29 is 4.79 Å². The van der Waals surface area contributed by atoms with Crippen LogP contribution in [-0.2, 0) is 4.79 Å². The van der Waals surface area contributed by atoms with E-state index in [1.54, 1.807) is 0 Å². The summed E-state index contributed by atoms with van der Waals surface area (Å²) in [5, 5.41) is 0. The molecule has 0 aromatic rings. The van der Waals surface area contributed by atoms with E-state index in [1.807, 2.05) is 0 Å². The van der Waals surface area contributed by atoms with E-state index >= 15 is 0 Å². The molecular formula is C11H18O. The number of hydrogen-bond acceptors (Lipinski definition) is 1. The molecule has 1 unspecified atom stereocenters. The van der Waals surface area contributed by atoms with Crippen molar-refractivity contribution in [2.45, 2.75) is 51.9 Å². The van der Waals surface area contributed by atoms with E-state index in [0.29, 0.717) is 11.2 Å². The van der Waals surface area contributed by atoms with E-state index in [-0.39, 0.29) is 0 Å². The number of carbonyl (C=O) groups excluding carboxylic acids is 1. The van der Waals surface area contributed by atoms with Crippen LogP contribution in [0.15, 0.2) is 0 Å². The topological polar surface area (TPSA) is 17.1 Å². The van der Waals surface area contributed by atoms with Crippen LogP contribution in [0.5, 0.6) is 0 Å². The van der Waals surface area contributed by atoms with E-state index in [2.05, 4.69) is 6.92 Å². The largest absolute Gasteiger partial charge is 0.300 e. The van der Waals surface area contributed by atoms with E-state index in [0.717, 1.165) is 25.2 Å². The number of ketones is 1. The Balaban J connectivity index is 2.11. The molecule has 1 nitrogen and oxygen atoms in total. The van der Waals surface area contributed by atoms with Crippen LogP contribution < -0.4 is 0 Å². The highest BCUT2D eigenvalue weighted by Crippen LogP contribution is 2.48. The molecule has 1 heteroatoms. The van der Waals surface area contributed by atoms with Gasteiger partial charge in [-0.3, -0.25) is 4.79 Å². The molecule has 0 heterocycles. The predicted octanol–water partition coefficient (Wildman–Crippen LogP) is 2.94. The fraction of sp³-hybridized carbons (Fsp3) is 0.909. The Hall–Kier alpha value is -0.330. The average molecular weight is 166 g/mol. The van der Waals surface area contributed by atoms with Crippen molar-refractivity contribution in [3.63, 3.8) is 0 Å². The summed E-state index contributed by atoms with van der Waals surface area (Å²) in [5.74, 6) is 1.24. The lowest BCUT2D eigenvalue weighted by Gasteiger charge is -2.44. The number of fused-ring (bicyclic) bond motifs is 1. The van der Waals surface area contributed by atoms with Crippen molar-refractivity contribution in [1.82, 2.24) is 0 Å². The molecule has 0 radical (unpaired) electrons. The summed E-state index contributed by atoms with van der Waals surface area (Å²) in [5.41, 5.74) is 0.534. The average Bonchev–Trinajstić information content (AvgIpc) is 2.06. The van der Waals surface area contributed by atoms with Crippen LogP contribution in [0.25, 0.3) is 0 Å². The monoisotopic (exact) mass is 166 g/mol. The third kappa shape index (κ3) is 1.30. The highest BCUT2D eigenvalue weighted by molar-refractivity contribution is 5.79. The fourth-order valence-corrected chi connectivity index (χ4v) is 2.95. The molecular weight excluding hydrogens is 148 g/mol. The highest BCUT2D eigenvalue weighted by Gasteiger charge is 2.40. The van der Waals surface area contributed by atoms with Gasteiger partial charge in [0.2, 0.25) is 0 Å². The molecule has 2 saturated carbocycles. The lowest BCUT2D eigenvalue weighted by molar-refractivity contribution is -0.125. The Morgan fingerprint density at radius 2 is 2.17 bits per heavy atom. The molecule has 0 amide bonds. The summed E-state index contributed by atoms with van der Waals surface area (Å²) < 4.78 is 0. The van der Waals surface area contributed by atoms with E-state index in [4.69, 9.17) is 0 Å². The van der Waals surface area contributed by atoms with Gasteiger partial charge in [0.1, 0.15) is 5.78 Å². The predicted molar refractivity (Wildman–Crippen MR) is 48.9 cm³/mol. The highest BCUT2D eigenvalue weighted by atomic mass is 16.1. The Bertz CT molecular complexity index is 197. The molecule has 2 atom stereocenters. The third-order valence-corrected chi connectivity index (χ3v) is 3.99. The zero-order valence-electron chi connectivity index (χ0n) is 7.94. The van der Waals surface area contributed by atoms with Crippen molar-refractivity contribution in [1.29, 1.82) is 0 Å². The van der Waals surface area contributed by atoms with Crippen molar-refractivity contribution in [2.24, 2.45) is 11.3 Å². The van der Waals surface area contributed by atoms with Gasteiger partial charge in [-0.15, -0.1) is 0 Å². The molecule has 2 fully saturated rings. The minimum absolute atomic E-state index is 0.513. The normalized spacial score (nSPS) is 42.4. The van der Waals surface area contributed by atoms with E-state index < -0.39 is 0 Å².